The summed E-state index contributed by atoms with van der Waals surface area (Å²) >= 11 is 0. The second-order valence-corrected chi connectivity index (χ2v) is 6.25. The summed E-state index contributed by atoms with van der Waals surface area (Å²) < 4.78 is 0. The van der Waals surface area contributed by atoms with Gasteiger partial charge in [0.15, 0.2) is 0 Å². The van der Waals surface area contributed by atoms with Gasteiger partial charge in [0.05, 0.1) is 17.6 Å². The van der Waals surface area contributed by atoms with Crippen LogP contribution in [0.5, 0.6) is 0 Å². The quantitative estimate of drug-likeness (QED) is 0.825. The Morgan fingerprint density at radius 2 is 1.75 bits per heavy atom. The molecule has 2 rings (SSSR count). The third kappa shape index (κ3) is 3.41. The maximum atomic E-state index is 10.7. The van der Waals surface area contributed by atoms with Crippen molar-refractivity contribution in [2.75, 3.05) is 0 Å². The lowest BCUT2D eigenvalue weighted by Crippen LogP contribution is -2.34. The van der Waals surface area contributed by atoms with E-state index in [9.17, 15) is 10.4 Å². The van der Waals surface area contributed by atoms with Gasteiger partial charge in [0.2, 0.25) is 0 Å². The fourth-order valence-corrected chi connectivity index (χ4v) is 3.36. The van der Waals surface area contributed by atoms with Crippen molar-refractivity contribution in [3.63, 3.8) is 0 Å². The molecule has 1 N–H and O–H groups in total. The molecule has 0 spiro atoms. The SMILES string of the molecule is CC(CC(O)C1(C#N)CCCCCC1)c1ccccc1. The predicted octanol–water partition coefficient (Wildman–Crippen LogP) is 4.41. The Morgan fingerprint density at radius 3 is 2.30 bits per heavy atom. The summed E-state index contributed by atoms with van der Waals surface area (Å²) in [6, 6.07) is 12.7. The smallest absolute Gasteiger partial charge is 0.0832 e. The number of hydrogen-bond donors (Lipinski definition) is 1. The lowest BCUT2D eigenvalue weighted by molar-refractivity contribution is 0.0408. The van der Waals surface area contributed by atoms with E-state index in [1.54, 1.807) is 0 Å². The number of hydrogen-bond acceptors (Lipinski definition) is 2. The van der Waals surface area contributed by atoms with Crippen molar-refractivity contribution < 1.29 is 5.11 Å². The topological polar surface area (TPSA) is 44.0 Å². The predicted molar refractivity (Wildman–Crippen MR) is 81.2 cm³/mol. The zero-order chi connectivity index (χ0) is 14.4. The summed E-state index contributed by atoms with van der Waals surface area (Å²) in [5, 5.41) is 20.3. The first-order valence-electron chi connectivity index (χ1n) is 7.82. The highest BCUT2D eigenvalue weighted by molar-refractivity contribution is 5.19. The first kappa shape index (κ1) is 15.1. The van der Waals surface area contributed by atoms with E-state index in [2.05, 4.69) is 25.1 Å². The van der Waals surface area contributed by atoms with Gasteiger partial charge in [0, 0.05) is 0 Å². The van der Waals surface area contributed by atoms with Crippen LogP contribution < -0.4 is 0 Å². The van der Waals surface area contributed by atoms with E-state index in [1.165, 1.54) is 18.4 Å². The van der Waals surface area contributed by atoms with E-state index in [-0.39, 0.29) is 0 Å². The number of nitrogens with zero attached hydrogens (tertiary/aromatic N) is 1. The highest BCUT2D eigenvalue weighted by atomic mass is 16.3. The van der Waals surface area contributed by atoms with Crippen LogP contribution in [0.3, 0.4) is 0 Å². The number of aliphatic hydroxyl groups excluding tert-OH is 1. The fraction of sp³-hybridized carbons (Fsp3) is 0.611. The van der Waals surface area contributed by atoms with Crippen LogP contribution in [0.15, 0.2) is 30.3 Å². The Labute approximate surface area is 122 Å². The molecule has 1 fully saturated rings. The second kappa shape index (κ2) is 6.90. The maximum Gasteiger partial charge on any atom is 0.0832 e. The highest BCUT2D eigenvalue weighted by Gasteiger charge is 2.38. The molecule has 108 valence electrons. The summed E-state index contributed by atoms with van der Waals surface area (Å²) in [5.74, 6) is 0.291. The molecule has 0 amide bonds. The molecule has 20 heavy (non-hydrogen) atoms. The van der Waals surface area contributed by atoms with E-state index >= 15 is 0 Å². The van der Waals surface area contributed by atoms with Crippen LogP contribution in [0.4, 0.5) is 0 Å². The number of benzene rings is 1. The van der Waals surface area contributed by atoms with Gasteiger partial charge in [0.1, 0.15) is 0 Å². The monoisotopic (exact) mass is 271 g/mol. The first-order valence-corrected chi connectivity index (χ1v) is 7.82. The summed E-state index contributed by atoms with van der Waals surface area (Å²) in [4.78, 5) is 0. The minimum Gasteiger partial charge on any atom is -0.391 e. The lowest BCUT2D eigenvalue weighted by atomic mass is 9.73. The molecule has 2 heteroatoms. The van der Waals surface area contributed by atoms with Crippen molar-refractivity contribution in [3.8, 4) is 6.07 Å². The Morgan fingerprint density at radius 1 is 1.15 bits per heavy atom. The van der Waals surface area contributed by atoms with Gasteiger partial charge < -0.3 is 5.11 Å². The summed E-state index contributed by atoms with van der Waals surface area (Å²) in [6.07, 6.45) is 6.42. The number of rotatable bonds is 4. The van der Waals surface area contributed by atoms with Crippen LogP contribution in [0.2, 0.25) is 0 Å². The number of aliphatic hydroxyl groups is 1. The molecule has 0 heterocycles. The van der Waals surface area contributed by atoms with Crippen LogP contribution in [0, 0.1) is 16.7 Å². The van der Waals surface area contributed by atoms with E-state index in [4.69, 9.17) is 0 Å². The summed E-state index contributed by atoms with van der Waals surface area (Å²) in [6.45, 7) is 2.14. The Kier molecular flexibility index (Phi) is 5.20. The molecule has 2 atom stereocenters. The van der Waals surface area contributed by atoms with Gasteiger partial charge in [-0.15, -0.1) is 0 Å². The molecule has 2 unspecified atom stereocenters. The summed E-state index contributed by atoms with van der Waals surface area (Å²) in [7, 11) is 0. The molecule has 1 saturated carbocycles. The number of nitriles is 1. The van der Waals surface area contributed by atoms with E-state index in [0.717, 1.165) is 25.7 Å². The molecule has 0 aliphatic heterocycles. The van der Waals surface area contributed by atoms with Crippen molar-refractivity contribution in [1.82, 2.24) is 0 Å². The fourth-order valence-electron chi connectivity index (χ4n) is 3.36. The molecule has 0 bridgehead atoms. The molecule has 0 radical (unpaired) electrons. The van der Waals surface area contributed by atoms with Gasteiger partial charge in [-0.2, -0.15) is 5.26 Å². The van der Waals surface area contributed by atoms with Crippen molar-refractivity contribution in [3.05, 3.63) is 35.9 Å². The summed E-state index contributed by atoms with van der Waals surface area (Å²) in [5.41, 5.74) is 0.729. The second-order valence-electron chi connectivity index (χ2n) is 6.25. The molecular formula is C18H25NO. The minimum absolute atomic E-state index is 0.291. The Bertz CT molecular complexity index is 440. The van der Waals surface area contributed by atoms with Crippen LogP contribution in [0.25, 0.3) is 0 Å². The van der Waals surface area contributed by atoms with Crippen LogP contribution in [-0.4, -0.2) is 11.2 Å². The zero-order valence-electron chi connectivity index (χ0n) is 12.4. The van der Waals surface area contributed by atoms with Crippen molar-refractivity contribution >= 4 is 0 Å². The molecule has 2 nitrogen and oxygen atoms in total. The minimum atomic E-state index is -0.514. The molecule has 1 aromatic rings. The zero-order valence-corrected chi connectivity index (χ0v) is 12.4. The average molecular weight is 271 g/mol. The average Bonchev–Trinajstić information content (AvgIpc) is 2.74. The third-order valence-electron chi connectivity index (χ3n) is 4.80. The Hall–Kier alpha value is -1.33. The molecule has 1 aliphatic rings. The van der Waals surface area contributed by atoms with Crippen LogP contribution >= 0.6 is 0 Å². The van der Waals surface area contributed by atoms with E-state index in [0.29, 0.717) is 12.3 Å². The van der Waals surface area contributed by atoms with Crippen molar-refractivity contribution in [2.24, 2.45) is 5.41 Å². The molecule has 1 aliphatic carbocycles. The highest BCUT2D eigenvalue weighted by Crippen LogP contribution is 2.40. The van der Waals surface area contributed by atoms with Gasteiger partial charge in [0.25, 0.3) is 0 Å². The molecule has 0 saturated heterocycles. The maximum absolute atomic E-state index is 10.7. The third-order valence-corrected chi connectivity index (χ3v) is 4.80. The standard InChI is InChI=1S/C18H25NO/c1-15(16-9-5-4-6-10-16)13-17(20)18(14-19)11-7-2-3-8-12-18/h4-6,9-10,15,17,20H,2-3,7-8,11-13H2,1H3. The van der Waals surface area contributed by atoms with E-state index < -0.39 is 11.5 Å². The van der Waals surface area contributed by atoms with Crippen molar-refractivity contribution in [1.29, 1.82) is 5.26 Å². The van der Waals surface area contributed by atoms with Gasteiger partial charge in [-0.3, -0.25) is 0 Å². The first-order chi connectivity index (χ1) is 9.68. The normalized spacial score (nSPS) is 21.4. The van der Waals surface area contributed by atoms with Crippen LogP contribution in [0.1, 0.15) is 63.4 Å². The molecule has 1 aromatic carbocycles. The lowest BCUT2D eigenvalue weighted by Gasteiger charge is -2.32. The molecular weight excluding hydrogens is 246 g/mol. The van der Waals surface area contributed by atoms with Gasteiger partial charge in [-0.1, -0.05) is 62.9 Å². The van der Waals surface area contributed by atoms with Crippen LogP contribution in [-0.2, 0) is 0 Å². The van der Waals surface area contributed by atoms with Crippen molar-refractivity contribution in [2.45, 2.75) is 63.9 Å². The Balaban J connectivity index is 2.05. The van der Waals surface area contributed by atoms with E-state index in [1.807, 2.05) is 18.2 Å². The van der Waals surface area contributed by atoms with Gasteiger partial charge in [-0.05, 0) is 30.7 Å². The largest absolute Gasteiger partial charge is 0.391 e. The van der Waals surface area contributed by atoms with Gasteiger partial charge in [-0.25, -0.2) is 0 Å². The van der Waals surface area contributed by atoms with Gasteiger partial charge >= 0.3 is 0 Å². The molecule has 0 aromatic heterocycles.